The van der Waals surface area contributed by atoms with Gasteiger partial charge >= 0.3 is 0 Å². The summed E-state index contributed by atoms with van der Waals surface area (Å²) in [6.07, 6.45) is 3.83. The fourth-order valence-electron chi connectivity index (χ4n) is 1.70. The van der Waals surface area contributed by atoms with Crippen molar-refractivity contribution < 1.29 is 13.6 Å². The van der Waals surface area contributed by atoms with Crippen molar-refractivity contribution >= 4 is 16.6 Å². The maximum Gasteiger partial charge on any atom is 0.193 e. The van der Waals surface area contributed by atoms with Crippen molar-refractivity contribution in [2.45, 2.75) is 90.0 Å². The number of ether oxygens (including phenoxy) is 1. The van der Waals surface area contributed by atoms with Crippen molar-refractivity contribution in [3.63, 3.8) is 0 Å². The molecule has 1 aliphatic heterocycles. The van der Waals surface area contributed by atoms with Gasteiger partial charge in [0.1, 0.15) is 12.2 Å². The third kappa shape index (κ3) is 4.69. The molecule has 0 aromatic heterocycles. The van der Waals surface area contributed by atoms with Crippen molar-refractivity contribution in [2.24, 2.45) is 0 Å². The van der Waals surface area contributed by atoms with E-state index in [9.17, 15) is 0 Å². The molecule has 0 fully saturated rings. The molecular formula is C17H36O3Si2. The summed E-state index contributed by atoms with van der Waals surface area (Å²) in [5.41, 5.74) is 0. The number of hydrogen-bond donors (Lipinski definition) is 0. The van der Waals surface area contributed by atoms with Gasteiger partial charge in [-0.3, -0.25) is 0 Å². The van der Waals surface area contributed by atoms with Gasteiger partial charge < -0.3 is 13.6 Å². The first-order chi connectivity index (χ1) is 9.67. The van der Waals surface area contributed by atoms with Crippen LogP contribution in [0.4, 0.5) is 0 Å². The lowest BCUT2D eigenvalue weighted by atomic mass is 10.2. The van der Waals surface area contributed by atoms with Crippen LogP contribution in [0.5, 0.6) is 0 Å². The van der Waals surface area contributed by atoms with Gasteiger partial charge in [-0.2, -0.15) is 0 Å². The maximum absolute atomic E-state index is 6.49. The van der Waals surface area contributed by atoms with Crippen LogP contribution in [-0.2, 0) is 13.6 Å². The minimum atomic E-state index is -1.80. The summed E-state index contributed by atoms with van der Waals surface area (Å²) >= 11 is 0. The molecule has 1 aliphatic rings. The summed E-state index contributed by atoms with van der Waals surface area (Å²) < 4.78 is 18.6. The highest BCUT2D eigenvalue weighted by Gasteiger charge is 2.43. The lowest BCUT2D eigenvalue weighted by Gasteiger charge is -2.40. The van der Waals surface area contributed by atoms with Crippen LogP contribution in [0.1, 0.15) is 41.5 Å². The Bertz CT molecular complexity index is 403. The normalized spacial score (nSPS) is 23.7. The second-order valence-corrected chi connectivity index (χ2v) is 19.0. The van der Waals surface area contributed by atoms with Gasteiger partial charge in [0, 0.05) is 0 Å². The van der Waals surface area contributed by atoms with E-state index in [-0.39, 0.29) is 22.3 Å². The van der Waals surface area contributed by atoms with Crippen LogP contribution in [0.2, 0.25) is 36.3 Å². The lowest BCUT2D eigenvalue weighted by molar-refractivity contribution is 0.0302. The Morgan fingerprint density at radius 1 is 0.909 bits per heavy atom. The van der Waals surface area contributed by atoms with Gasteiger partial charge in [0.25, 0.3) is 0 Å². The Kier molecular flexibility index (Phi) is 5.82. The highest BCUT2D eigenvalue weighted by Crippen LogP contribution is 2.39. The molecule has 130 valence electrons. The first-order valence-electron chi connectivity index (χ1n) is 8.31. The molecule has 0 saturated carbocycles. The van der Waals surface area contributed by atoms with Crippen LogP contribution >= 0.6 is 0 Å². The zero-order valence-corrected chi connectivity index (χ0v) is 18.2. The SMILES string of the molecule is CC(C)(C)[Si](C)(C)OC[C@H]1OC=CC1O[Si](C)(C)C(C)(C)C. The minimum absolute atomic E-state index is 0.0109. The third-order valence-electron chi connectivity index (χ3n) is 5.54. The molecule has 3 nitrogen and oxygen atoms in total. The van der Waals surface area contributed by atoms with Crippen molar-refractivity contribution in [3.8, 4) is 0 Å². The largest absolute Gasteiger partial charge is 0.493 e. The second kappa shape index (κ2) is 6.42. The summed E-state index contributed by atoms with van der Waals surface area (Å²) in [5, 5.41) is 0.420. The maximum atomic E-state index is 6.49. The molecule has 0 aromatic rings. The molecule has 1 rings (SSSR count). The van der Waals surface area contributed by atoms with Gasteiger partial charge in [-0.1, -0.05) is 41.5 Å². The first-order valence-corrected chi connectivity index (χ1v) is 14.1. The molecule has 0 aromatic carbocycles. The summed E-state index contributed by atoms with van der Waals surface area (Å²) in [4.78, 5) is 0. The first kappa shape index (κ1) is 19.9. The van der Waals surface area contributed by atoms with E-state index >= 15 is 0 Å². The van der Waals surface area contributed by atoms with Crippen molar-refractivity contribution in [1.82, 2.24) is 0 Å². The quantitative estimate of drug-likeness (QED) is 0.632. The zero-order valence-electron chi connectivity index (χ0n) is 16.2. The van der Waals surface area contributed by atoms with Gasteiger partial charge in [0.05, 0.1) is 12.9 Å². The van der Waals surface area contributed by atoms with E-state index in [2.05, 4.69) is 67.7 Å². The summed E-state index contributed by atoms with van der Waals surface area (Å²) in [5.74, 6) is 0. The molecule has 0 bridgehead atoms. The molecule has 0 amide bonds. The zero-order chi connectivity index (χ0) is 17.4. The van der Waals surface area contributed by atoms with Crippen LogP contribution in [0.3, 0.4) is 0 Å². The summed E-state index contributed by atoms with van der Waals surface area (Å²) in [7, 11) is -3.55. The Hall–Kier alpha value is -0.106. The highest BCUT2D eigenvalue weighted by molar-refractivity contribution is 6.74. The summed E-state index contributed by atoms with van der Waals surface area (Å²) in [6.45, 7) is 23.3. The summed E-state index contributed by atoms with van der Waals surface area (Å²) in [6, 6.07) is 0. The Balaban J connectivity index is 2.67. The number of hydrogen-bond acceptors (Lipinski definition) is 3. The molecule has 0 spiro atoms. The van der Waals surface area contributed by atoms with Crippen molar-refractivity contribution in [2.75, 3.05) is 6.61 Å². The van der Waals surface area contributed by atoms with E-state index in [4.69, 9.17) is 13.6 Å². The van der Waals surface area contributed by atoms with Crippen molar-refractivity contribution in [3.05, 3.63) is 12.3 Å². The van der Waals surface area contributed by atoms with E-state index in [1.807, 2.05) is 6.08 Å². The van der Waals surface area contributed by atoms with E-state index < -0.39 is 16.6 Å². The van der Waals surface area contributed by atoms with Gasteiger partial charge in [-0.05, 0) is 42.3 Å². The van der Waals surface area contributed by atoms with Gasteiger partial charge in [-0.25, -0.2) is 0 Å². The van der Waals surface area contributed by atoms with Gasteiger partial charge in [0.2, 0.25) is 0 Å². The molecule has 0 radical (unpaired) electrons. The molecule has 0 saturated heterocycles. The molecule has 2 atom stereocenters. The predicted octanol–water partition coefficient (Wildman–Crippen LogP) is 5.31. The van der Waals surface area contributed by atoms with E-state index in [1.54, 1.807) is 6.26 Å². The third-order valence-corrected chi connectivity index (χ3v) is 14.5. The van der Waals surface area contributed by atoms with Gasteiger partial charge in [0.15, 0.2) is 16.6 Å². The fraction of sp³-hybridized carbons (Fsp3) is 0.882. The average molecular weight is 345 g/mol. The Morgan fingerprint density at radius 2 is 1.41 bits per heavy atom. The minimum Gasteiger partial charge on any atom is -0.493 e. The fourth-order valence-corrected chi connectivity index (χ4v) is 3.98. The standard InChI is InChI=1S/C17H36O3Si2/c1-16(2,3)21(7,8)19-13-15-14(11-12-18-15)20-22(9,10)17(4,5)6/h11-12,14-15H,13H2,1-10H3/t14?,15-/m1/s1. The molecule has 1 unspecified atom stereocenters. The second-order valence-electron chi connectivity index (χ2n) is 9.42. The Labute approximate surface area is 139 Å². The lowest BCUT2D eigenvalue weighted by Crippen LogP contribution is -2.48. The topological polar surface area (TPSA) is 27.7 Å². The van der Waals surface area contributed by atoms with Crippen molar-refractivity contribution in [1.29, 1.82) is 0 Å². The van der Waals surface area contributed by atoms with Crippen LogP contribution in [0.15, 0.2) is 12.3 Å². The molecule has 0 N–H and O–H groups in total. The molecule has 0 aliphatic carbocycles. The van der Waals surface area contributed by atoms with Crippen LogP contribution < -0.4 is 0 Å². The Morgan fingerprint density at radius 3 is 1.86 bits per heavy atom. The van der Waals surface area contributed by atoms with E-state index in [1.165, 1.54) is 0 Å². The molecule has 5 heteroatoms. The van der Waals surface area contributed by atoms with Crippen LogP contribution in [0.25, 0.3) is 0 Å². The van der Waals surface area contributed by atoms with Crippen LogP contribution in [0, 0.1) is 0 Å². The van der Waals surface area contributed by atoms with E-state index in [0.29, 0.717) is 6.61 Å². The smallest absolute Gasteiger partial charge is 0.193 e. The molecular weight excluding hydrogens is 308 g/mol. The highest BCUT2D eigenvalue weighted by atomic mass is 28.4. The monoisotopic (exact) mass is 344 g/mol. The predicted molar refractivity (Wildman–Crippen MR) is 99.2 cm³/mol. The average Bonchev–Trinajstić information content (AvgIpc) is 2.70. The van der Waals surface area contributed by atoms with E-state index in [0.717, 1.165) is 0 Å². The molecule has 1 heterocycles. The number of rotatable bonds is 5. The molecule has 22 heavy (non-hydrogen) atoms. The van der Waals surface area contributed by atoms with Gasteiger partial charge in [-0.15, -0.1) is 0 Å². The van der Waals surface area contributed by atoms with Crippen LogP contribution in [-0.4, -0.2) is 35.4 Å².